The molecule has 0 aliphatic rings. The third-order valence-electron chi connectivity index (χ3n) is 1.97. The summed E-state index contributed by atoms with van der Waals surface area (Å²) in [5.41, 5.74) is 1.64. The standard InChI is InChI=1S/C10H15ClSi/c1-10(2,3)8-4-6-9(12-11)7-5-8/h4-7H,12H2,1-3H3. The van der Waals surface area contributed by atoms with Crippen molar-refractivity contribution in [2.75, 3.05) is 0 Å². The Kier molecular flexibility index (Phi) is 2.97. The minimum atomic E-state index is -0.496. The van der Waals surface area contributed by atoms with E-state index in [1.807, 2.05) is 0 Å². The second kappa shape index (κ2) is 3.63. The van der Waals surface area contributed by atoms with Gasteiger partial charge in [0.05, 0.1) is 0 Å². The van der Waals surface area contributed by atoms with Crippen LogP contribution in [0.4, 0.5) is 0 Å². The van der Waals surface area contributed by atoms with Gasteiger partial charge in [-0.3, -0.25) is 0 Å². The molecule has 0 heterocycles. The summed E-state index contributed by atoms with van der Waals surface area (Å²) in [5, 5.41) is 1.32. The number of hydrogen-bond acceptors (Lipinski definition) is 0. The molecular formula is C10H15ClSi. The molecule has 0 amide bonds. The lowest BCUT2D eigenvalue weighted by atomic mass is 9.87. The summed E-state index contributed by atoms with van der Waals surface area (Å²) in [4.78, 5) is 0. The third kappa shape index (κ3) is 2.36. The number of rotatable bonds is 1. The van der Waals surface area contributed by atoms with Gasteiger partial charge in [-0.15, -0.1) is 0 Å². The van der Waals surface area contributed by atoms with Crippen LogP contribution in [-0.2, 0) is 5.41 Å². The van der Waals surface area contributed by atoms with Crippen LogP contribution in [0.25, 0.3) is 0 Å². The van der Waals surface area contributed by atoms with Gasteiger partial charge in [0.15, 0.2) is 8.83 Å². The minimum absolute atomic E-state index is 0.256. The first kappa shape index (κ1) is 9.81. The smallest absolute Gasteiger partial charge is 0.155 e. The second-order valence-corrected chi connectivity index (χ2v) is 5.97. The monoisotopic (exact) mass is 198 g/mol. The van der Waals surface area contributed by atoms with Crippen molar-refractivity contribution in [3.05, 3.63) is 29.8 Å². The zero-order valence-corrected chi connectivity index (χ0v) is 10.1. The van der Waals surface area contributed by atoms with Gasteiger partial charge in [-0.1, -0.05) is 45.0 Å². The molecule has 1 aromatic carbocycles. The Morgan fingerprint density at radius 1 is 1.08 bits per heavy atom. The normalized spacial score (nSPS) is 12.7. The highest BCUT2D eigenvalue weighted by molar-refractivity contribution is 7.01. The first-order valence-electron chi connectivity index (χ1n) is 4.19. The molecule has 0 spiro atoms. The van der Waals surface area contributed by atoms with Crippen molar-refractivity contribution in [3.63, 3.8) is 0 Å². The average molecular weight is 199 g/mol. The number of hydrogen-bond donors (Lipinski definition) is 0. The fourth-order valence-corrected chi connectivity index (χ4v) is 2.04. The summed E-state index contributed by atoms with van der Waals surface area (Å²) in [5.74, 6) is 0. The molecule has 0 bridgehead atoms. The summed E-state index contributed by atoms with van der Waals surface area (Å²) in [7, 11) is -0.496. The first-order chi connectivity index (χ1) is 5.54. The average Bonchev–Trinajstić information content (AvgIpc) is 2.03. The maximum atomic E-state index is 5.83. The van der Waals surface area contributed by atoms with Crippen molar-refractivity contribution in [1.29, 1.82) is 0 Å². The summed E-state index contributed by atoms with van der Waals surface area (Å²) >= 11 is 5.83. The maximum absolute atomic E-state index is 5.83. The molecule has 66 valence electrons. The van der Waals surface area contributed by atoms with Crippen LogP contribution in [-0.4, -0.2) is 8.83 Å². The molecule has 0 aromatic heterocycles. The lowest BCUT2D eigenvalue weighted by Crippen LogP contribution is -2.14. The van der Waals surface area contributed by atoms with Gasteiger partial charge >= 0.3 is 0 Å². The highest BCUT2D eigenvalue weighted by Gasteiger charge is 2.12. The third-order valence-corrected chi connectivity index (χ3v) is 3.68. The zero-order chi connectivity index (χ0) is 9.19. The maximum Gasteiger partial charge on any atom is 0.155 e. The summed E-state index contributed by atoms with van der Waals surface area (Å²) in [6.45, 7) is 6.67. The Hall–Kier alpha value is -0.273. The van der Waals surface area contributed by atoms with Gasteiger partial charge in [-0.25, -0.2) is 0 Å². The van der Waals surface area contributed by atoms with Crippen LogP contribution >= 0.6 is 11.1 Å². The van der Waals surface area contributed by atoms with Gasteiger partial charge in [0.2, 0.25) is 0 Å². The van der Waals surface area contributed by atoms with E-state index in [1.54, 1.807) is 0 Å². The van der Waals surface area contributed by atoms with Gasteiger partial charge < -0.3 is 0 Å². The van der Waals surface area contributed by atoms with E-state index in [0.717, 1.165) is 0 Å². The van der Waals surface area contributed by atoms with E-state index >= 15 is 0 Å². The molecule has 0 N–H and O–H groups in total. The van der Waals surface area contributed by atoms with Crippen LogP contribution in [0.3, 0.4) is 0 Å². The lowest BCUT2D eigenvalue weighted by molar-refractivity contribution is 0.590. The van der Waals surface area contributed by atoms with Crippen LogP contribution in [0, 0.1) is 0 Å². The van der Waals surface area contributed by atoms with Crippen LogP contribution in [0.1, 0.15) is 26.3 Å². The minimum Gasteiger partial charge on any atom is -0.170 e. The van der Waals surface area contributed by atoms with Crippen LogP contribution in [0.15, 0.2) is 24.3 Å². The van der Waals surface area contributed by atoms with Crippen LogP contribution in [0.2, 0.25) is 0 Å². The summed E-state index contributed by atoms with van der Waals surface area (Å²) in [6, 6.07) is 8.68. The van der Waals surface area contributed by atoms with Gasteiger partial charge in [-0.2, -0.15) is 11.1 Å². The van der Waals surface area contributed by atoms with Crippen molar-refractivity contribution < 1.29 is 0 Å². The Morgan fingerprint density at radius 2 is 1.58 bits per heavy atom. The highest BCUT2D eigenvalue weighted by atomic mass is 35.6. The Balaban J connectivity index is 2.93. The first-order valence-corrected chi connectivity index (χ1v) is 7.04. The van der Waals surface area contributed by atoms with Crippen LogP contribution < -0.4 is 5.19 Å². The van der Waals surface area contributed by atoms with Gasteiger partial charge in [-0.05, 0) is 16.2 Å². The Morgan fingerprint density at radius 3 is 1.92 bits per heavy atom. The number of halogens is 1. The van der Waals surface area contributed by atoms with Crippen molar-refractivity contribution in [1.82, 2.24) is 0 Å². The van der Waals surface area contributed by atoms with E-state index in [4.69, 9.17) is 11.1 Å². The number of benzene rings is 1. The lowest BCUT2D eigenvalue weighted by Gasteiger charge is -2.18. The van der Waals surface area contributed by atoms with Gasteiger partial charge in [0.1, 0.15) is 0 Å². The molecule has 0 saturated heterocycles. The molecular weight excluding hydrogens is 184 g/mol. The predicted molar refractivity (Wildman–Crippen MR) is 59.2 cm³/mol. The zero-order valence-electron chi connectivity index (χ0n) is 7.89. The van der Waals surface area contributed by atoms with Crippen molar-refractivity contribution >= 4 is 25.1 Å². The highest BCUT2D eigenvalue weighted by Crippen LogP contribution is 2.20. The molecule has 1 rings (SSSR count). The second-order valence-electron chi connectivity index (χ2n) is 4.08. The van der Waals surface area contributed by atoms with E-state index in [-0.39, 0.29) is 5.41 Å². The Labute approximate surface area is 81.5 Å². The quantitative estimate of drug-likeness (QED) is 0.478. The molecule has 2 heteroatoms. The predicted octanol–water partition coefficient (Wildman–Crippen LogP) is 1.93. The molecule has 0 aliphatic heterocycles. The molecule has 0 nitrogen and oxygen atoms in total. The molecule has 1 aromatic rings. The topological polar surface area (TPSA) is 0 Å². The van der Waals surface area contributed by atoms with E-state index in [0.29, 0.717) is 0 Å². The van der Waals surface area contributed by atoms with Crippen molar-refractivity contribution in [2.24, 2.45) is 0 Å². The van der Waals surface area contributed by atoms with E-state index in [9.17, 15) is 0 Å². The van der Waals surface area contributed by atoms with Crippen LogP contribution in [0.5, 0.6) is 0 Å². The molecule has 0 fully saturated rings. The summed E-state index contributed by atoms with van der Waals surface area (Å²) in [6.07, 6.45) is 0. The summed E-state index contributed by atoms with van der Waals surface area (Å²) < 4.78 is 0. The fraction of sp³-hybridized carbons (Fsp3) is 0.400. The molecule has 0 radical (unpaired) electrons. The van der Waals surface area contributed by atoms with E-state index < -0.39 is 8.83 Å². The van der Waals surface area contributed by atoms with E-state index in [2.05, 4.69) is 45.0 Å². The SMILES string of the molecule is CC(C)(C)c1ccc([SiH2]Cl)cc1. The van der Waals surface area contributed by atoms with E-state index in [1.165, 1.54) is 10.8 Å². The molecule has 0 aliphatic carbocycles. The van der Waals surface area contributed by atoms with Crippen molar-refractivity contribution in [3.8, 4) is 0 Å². The van der Waals surface area contributed by atoms with Gasteiger partial charge in [0, 0.05) is 0 Å². The molecule has 0 atom stereocenters. The molecule has 12 heavy (non-hydrogen) atoms. The van der Waals surface area contributed by atoms with Crippen molar-refractivity contribution in [2.45, 2.75) is 26.2 Å². The molecule has 0 saturated carbocycles. The Bertz CT molecular complexity index is 246. The fourth-order valence-electron chi connectivity index (χ4n) is 1.09. The van der Waals surface area contributed by atoms with Gasteiger partial charge in [0.25, 0.3) is 0 Å². The molecule has 0 unspecified atom stereocenters. The largest absolute Gasteiger partial charge is 0.170 e.